The summed E-state index contributed by atoms with van der Waals surface area (Å²) in [5.74, 6) is 3.18. The summed E-state index contributed by atoms with van der Waals surface area (Å²) in [4.78, 5) is 4.14. The van der Waals surface area contributed by atoms with Crippen molar-refractivity contribution in [2.45, 2.75) is 25.8 Å². The van der Waals surface area contributed by atoms with E-state index < -0.39 is 0 Å². The average Bonchev–Trinajstić information content (AvgIpc) is 2.78. The Hall–Kier alpha value is -1.43. The van der Waals surface area contributed by atoms with Crippen LogP contribution in [0.1, 0.15) is 30.3 Å². The first kappa shape index (κ1) is 7.23. The fraction of sp³-hybridized carbons (Fsp3) is 0.444. The van der Waals surface area contributed by atoms with E-state index in [2.05, 4.69) is 10.9 Å². The van der Waals surface area contributed by atoms with Crippen LogP contribution >= 0.6 is 0 Å². The molecule has 0 radical (unpaired) electrons. The van der Waals surface area contributed by atoms with E-state index in [4.69, 9.17) is 12.2 Å². The molecule has 0 spiro atoms. The lowest BCUT2D eigenvalue weighted by molar-refractivity contribution is 0.743. The molecule has 1 aliphatic carbocycles. The van der Waals surface area contributed by atoms with E-state index in [1.807, 2.05) is 11.5 Å². The number of terminal acetylenes is 1. The molecule has 3 nitrogen and oxygen atoms in total. The molecular formula is C9H11N3. The molecule has 12 heavy (non-hydrogen) atoms. The summed E-state index contributed by atoms with van der Waals surface area (Å²) >= 11 is 0. The fourth-order valence-corrected chi connectivity index (χ4v) is 1.44. The van der Waals surface area contributed by atoms with Crippen LogP contribution in [-0.2, 0) is 0 Å². The maximum Gasteiger partial charge on any atom is 0.201 e. The van der Waals surface area contributed by atoms with Crippen molar-refractivity contribution in [1.82, 2.24) is 9.55 Å². The topological polar surface area (TPSA) is 43.8 Å². The van der Waals surface area contributed by atoms with Crippen LogP contribution in [0.15, 0.2) is 0 Å². The van der Waals surface area contributed by atoms with E-state index in [0.717, 1.165) is 11.4 Å². The number of imidazole rings is 1. The second kappa shape index (κ2) is 2.28. The summed E-state index contributed by atoms with van der Waals surface area (Å²) in [6.45, 7) is 1.89. The number of hydrogen-bond acceptors (Lipinski definition) is 2. The molecule has 0 saturated heterocycles. The van der Waals surface area contributed by atoms with Crippen LogP contribution in [-0.4, -0.2) is 9.55 Å². The lowest BCUT2D eigenvalue weighted by Gasteiger charge is -2.02. The third-order valence-electron chi connectivity index (χ3n) is 2.16. The molecule has 0 amide bonds. The van der Waals surface area contributed by atoms with Gasteiger partial charge in [0.25, 0.3) is 0 Å². The molecule has 2 N–H and O–H groups in total. The Morgan fingerprint density at radius 2 is 2.33 bits per heavy atom. The maximum atomic E-state index is 5.72. The van der Waals surface area contributed by atoms with Gasteiger partial charge < -0.3 is 10.3 Å². The number of nitrogens with zero attached hydrogens (tertiary/aromatic N) is 2. The summed E-state index contributed by atoms with van der Waals surface area (Å²) in [7, 11) is 0. The highest BCUT2D eigenvalue weighted by Gasteiger charge is 2.28. The van der Waals surface area contributed by atoms with E-state index in [1.165, 1.54) is 12.8 Å². The van der Waals surface area contributed by atoms with Crippen molar-refractivity contribution in [3.05, 3.63) is 11.4 Å². The number of anilines is 1. The van der Waals surface area contributed by atoms with Crippen LogP contribution < -0.4 is 5.73 Å². The zero-order valence-corrected chi connectivity index (χ0v) is 7.04. The van der Waals surface area contributed by atoms with E-state index in [1.54, 1.807) is 0 Å². The van der Waals surface area contributed by atoms with Crippen molar-refractivity contribution >= 4 is 5.95 Å². The van der Waals surface area contributed by atoms with Crippen LogP contribution in [0.2, 0.25) is 0 Å². The number of hydrogen-bond donors (Lipinski definition) is 1. The minimum absolute atomic E-state index is 0.511. The Balaban J connectivity index is 2.56. The van der Waals surface area contributed by atoms with Gasteiger partial charge in [-0.15, -0.1) is 6.42 Å². The monoisotopic (exact) mass is 161 g/mol. The molecule has 1 aromatic rings. The molecule has 2 rings (SSSR count). The minimum atomic E-state index is 0.511. The predicted molar refractivity (Wildman–Crippen MR) is 47.6 cm³/mol. The zero-order chi connectivity index (χ0) is 8.72. The van der Waals surface area contributed by atoms with Gasteiger partial charge in [-0.3, -0.25) is 0 Å². The molecular weight excluding hydrogens is 150 g/mol. The maximum absolute atomic E-state index is 5.72. The van der Waals surface area contributed by atoms with Crippen molar-refractivity contribution in [3.63, 3.8) is 0 Å². The lowest BCUT2D eigenvalue weighted by atomic mass is 10.3. The normalized spacial score (nSPS) is 16.0. The molecule has 0 aliphatic heterocycles. The van der Waals surface area contributed by atoms with Gasteiger partial charge in [0, 0.05) is 6.04 Å². The van der Waals surface area contributed by atoms with Crippen LogP contribution in [0.4, 0.5) is 5.95 Å². The van der Waals surface area contributed by atoms with Crippen LogP contribution in [0, 0.1) is 19.3 Å². The quantitative estimate of drug-likeness (QED) is 0.626. The third-order valence-corrected chi connectivity index (χ3v) is 2.16. The summed E-state index contributed by atoms with van der Waals surface area (Å²) in [6, 6.07) is 0.511. The molecule has 1 saturated carbocycles. The van der Waals surface area contributed by atoms with Crippen molar-refractivity contribution in [1.29, 1.82) is 0 Å². The molecule has 1 aliphatic rings. The first-order valence-electron chi connectivity index (χ1n) is 4.05. The smallest absolute Gasteiger partial charge is 0.201 e. The highest BCUT2D eigenvalue weighted by molar-refractivity contribution is 5.39. The Morgan fingerprint density at radius 1 is 1.67 bits per heavy atom. The first-order valence-corrected chi connectivity index (χ1v) is 4.05. The number of rotatable bonds is 1. The Morgan fingerprint density at radius 3 is 2.83 bits per heavy atom. The minimum Gasteiger partial charge on any atom is -0.369 e. The summed E-state index contributed by atoms with van der Waals surface area (Å²) < 4.78 is 1.97. The van der Waals surface area contributed by atoms with Gasteiger partial charge in [0.15, 0.2) is 0 Å². The highest BCUT2D eigenvalue weighted by atomic mass is 15.2. The molecule has 62 valence electrons. The van der Waals surface area contributed by atoms with Crippen LogP contribution in [0.5, 0.6) is 0 Å². The van der Waals surface area contributed by atoms with Crippen LogP contribution in [0.25, 0.3) is 0 Å². The van der Waals surface area contributed by atoms with Gasteiger partial charge in [-0.05, 0) is 19.8 Å². The van der Waals surface area contributed by atoms with Gasteiger partial charge in [-0.1, -0.05) is 5.92 Å². The van der Waals surface area contributed by atoms with Gasteiger partial charge in [0.2, 0.25) is 5.95 Å². The summed E-state index contributed by atoms with van der Waals surface area (Å²) in [5.41, 5.74) is 7.42. The Bertz CT molecular complexity index is 353. The first-order chi connectivity index (χ1) is 5.74. The largest absolute Gasteiger partial charge is 0.369 e. The van der Waals surface area contributed by atoms with E-state index >= 15 is 0 Å². The zero-order valence-electron chi connectivity index (χ0n) is 7.04. The summed E-state index contributed by atoms with van der Waals surface area (Å²) in [6.07, 6.45) is 7.71. The van der Waals surface area contributed by atoms with E-state index in [-0.39, 0.29) is 0 Å². The third kappa shape index (κ3) is 0.884. The van der Waals surface area contributed by atoms with Gasteiger partial charge in [0.05, 0.1) is 5.69 Å². The van der Waals surface area contributed by atoms with E-state index in [9.17, 15) is 0 Å². The molecule has 0 atom stereocenters. The standard InChI is InChI=1S/C9H11N3/c1-3-8-6(2)11-9(10)12(8)7-4-5-7/h1,7H,4-5H2,2H3,(H2,10,11). The van der Waals surface area contributed by atoms with Crippen LogP contribution in [0.3, 0.4) is 0 Å². The molecule has 3 heteroatoms. The second-order valence-corrected chi connectivity index (χ2v) is 3.15. The van der Waals surface area contributed by atoms with Crippen molar-refractivity contribution < 1.29 is 0 Å². The predicted octanol–water partition coefficient (Wildman–Crippen LogP) is 1.09. The SMILES string of the molecule is C#Cc1c(C)nc(N)n1C1CC1. The molecule has 0 bridgehead atoms. The molecule has 1 heterocycles. The Labute approximate surface area is 71.6 Å². The van der Waals surface area contributed by atoms with Gasteiger partial charge >= 0.3 is 0 Å². The number of aryl methyl sites for hydroxylation is 1. The molecule has 1 fully saturated rings. The van der Waals surface area contributed by atoms with Crippen molar-refractivity contribution in [3.8, 4) is 12.3 Å². The summed E-state index contributed by atoms with van der Waals surface area (Å²) in [5, 5.41) is 0. The van der Waals surface area contributed by atoms with Gasteiger partial charge in [0.1, 0.15) is 5.69 Å². The number of aromatic nitrogens is 2. The lowest BCUT2D eigenvalue weighted by Crippen LogP contribution is -2.02. The van der Waals surface area contributed by atoms with Gasteiger partial charge in [-0.2, -0.15) is 0 Å². The van der Waals surface area contributed by atoms with E-state index in [0.29, 0.717) is 12.0 Å². The molecule has 0 unspecified atom stereocenters. The van der Waals surface area contributed by atoms with Gasteiger partial charge in [-0.25, -0.2) is 4.98 Å². The average molecular weight is 161 g/mol. The second-order valence-electron chi connectivity index (χ2n) is 3.15. The Kier molecular flexibility index (Phi) is 1.37. The molecule has 1 aromatic heterocycles. The molecule has 0 aromatic carbocycles. The highest BCUT2D eigenvalue weighted by Crippen LogP contribution is 2.38. The van der Waals surface area contributed by atoms with Crippen molar-refractivity contribution in [2.75, 3.05) is 5.73 Å². The van der Waals surface area contributed by atoms with Crippen molar-refractivity contribution in [2.24, 2.45) is 0 Å². The fourth-order valence-electron chi connectivity index (χ4n) is 1.44. The number of nitrogens with two attached hydrogens (primary N) is 1. The number of nitrogen functional groups attached to an aromatic ring is 1.